The Morgan fingerprint density at radius 3 is 2.60 bits per heavy atom. The Kier molecular flexibility index (Phi) is 6.33. The van der Waals surface area contributed by atoms with Crippen LogP contribution in [0.5, 0.6) is 0 Å². The van der Waals surface area contributed by atoms with Gasteiger partial charge in [0.2, 0.25) is 13.3 Å². The molecule has 1 aromatic rings. The first-order valence-electron chi connectivity index (χ1n) is 7.84. The molecule has 3 N–H and O–H groups in total. The normalized spacial score (nSPS) is 20.4. The van der Waals surface area contributed by atoms with Gasteiger partial charge in [0.1, 0.15) is 6.61 Å². The maximum absolute atomic E-state index is 12.6. The lowest BCUT2D eigenvalue weighted by molar-refractivity contribution is -0.131. The number of hydrogen-bond acceptors (Lipinski definition) is 6. The van der Waals surface area contributed by atoms with Crippen molar-refractivity contribution >= 4 is 30.5 Å². The summed E-state index contributed by atoms with van der Waals surface area (Å²) in [6.45, 7) is 1.41. The molecule has 0 radical (unpaired) electrons. The fraction of sp³-hybridized carbons (Fsp3) is 0.438. The van der Waals surface area contributed by atoms with Crippen LogP contribution < -0.4 is 16.4 Å². The van der Waals surface area contributed by atoms with Crippen LogP contribution in [0.1, 0.15) is 12.8 Å². The molecule has 8 nitrogen and oxygen atoms in total. The fourth-order valence-corrected chi connectivity index (χ4v) is 3.80. The predicted octanol–water partition coefficient (Wildman–Crippen LogP) is 0.796. The van der Waals surface area contributed by atoms with E-state index < -0.39 is 37.9 Å². The van der Waals surface area contributed by atoms with Crippen molar-refractivity contribution in [1.29, 1.82) is 0 Å². The van der Waals surface area contributed by atoms with E-state index in [1.165, 1.54) is 6.66 Å². The Labute approximate surface area is 145 Å². The molecule has 1 aliphatic rings. The first-order chi connectivity index (χ1) is 11.8. The highest BCUT2D eigenvalue weighted by molar-refractivity contribution is 7.66. The monoisotopic (exact) mass is 368 g/mol. The van der Waals surface area contributed by atoms with Crippen molar-refractivity contribution in [3.05, 3.63) is 30.3 Å². The lowest BCUT2D eigenvalue weighted by Crippen LogP contribution is -2.35. The van der Waals surface area contributed by atoms with Gasteiger partial charge in [0, 0.05) is 30.9 Å². The van der Waals surface area contributed by atoms with E-state index in [1.807, 2.05) is 0 Å². The summed E-state index contributed by atoms with van der Waals surface area (Å²) in [5.41, 5.74) is 5.00. The molecule has 0 saturated carbocycles. The summed E-state index contributed by atoms with van der Waals surface area (Å²) in [7, 11) is -3.19. The van der Waals surface area contributed by atoms with Crippen molar-refractivity contribution in [2.75, 3.05) is 19.8 Å². The maximum Gasteiger partial charge on any atom is 0.405 e. The van der Waals surface area contributed by atoms with E-state index in [9.17, 15) is 18.9 Å². The topological polar surface area (TPSA) is 125 Å². The molecular weight excluding hydrogens is 347 g/mol. The molecule has 0 aromatic heterocycles. The third-order valence-electron chi connectivity index (χ3n) is 3.96. The summed E-state index contributed by atoms with van der Waals surface area (Å²) in [5.74, 6) is -1.22. The summed E-state index contributed by atoms with van der Waals surface area (Å²) in [6, 6.07) is 8.50. The van der Waals surface area contributed by atoms with Gasteiger partial charge in [0.05, 0.1) is 0 Å². The van der Waals surface area contributed by atoms with Crippen molar-refractivity contribution in [3.63, 3.8) is 0 Å². The van der Waals surface area contributed by atoms with E-state index >= 15 is 0 Å². The molecule has 2 unspecified atom stereocenters. The van der Waals surface area contributed by atoms with Crippen molar-refractivity contribution in [3.8, 4) is 0 Å². The minimum atomic E-state index is -3.19. The number of nitrogens with one attached hydrogen (secondary N) is 1. The van der Waals surface area contributed by atoms with Crippen molar-refractivity contribution in [2.24, 2.45) is 11.7 Å². The molecule has 9 heteroatoms. The molecular formula is C16H21N2O6P. The molecule has 2 amide bonds. The molecule has 1 saturated heterocycles. The van der Waals surface area contributed by atoms with Crippen LogP contribution in [0.3, 0.4) is 0 Å². The van der Waals surface area contributed by atoms with E-state index in [4.69, 9.17) is 15.0 Å². The molecule has 136 valence electrons. The van der Waals surface area contributed by atoms with Crippen LogP contribution >= 0.6 is 7.37 Å². The van der Waals surface area contributed by atoms with Gasteiger partial charge in [0.25, 0.3) is 0 Å². The van der Waals surface area contributed by atoms with Crippen LogP contribution in [-0.2, 0) is 23.4 Å². The number of rotatable bonds is 8. The van der Waals surface area contributed by atoms with Gasteiger partial charge in [0.15, 0.2) is 11.9 Å². The molecule has 2 rings (SSSR count). The van der Waals surface area contributed by atoms with E-state index in [0.717, 1.165) is 0 Å². The standard InChI is InChI=1S/C16H21N2O6P/c1-25(22,12-5-3-2-4-6-12)23-10-13(19)14(24-16(17)21)9-11-7-8-18-15(11)20/h2-6,11,14H,7-10H2,1H3,(H2,17,21)(H,18,20)/t11?,14-,25?/m0/s1. The third kappa shape index (κ3) is 5.41. The SMILES string of the molecule is CP(=O)(OCC(=O)[C@H](CC1CCNC1=O)OC(N)=O)c1ccccc1. The van der Waals surface area contributed by atoms with Crippen LogP contribution in [0.2, 0.25) is 0 Å². The smallest absolute Gasteiger partial charge is 0.405 e. The lowest BCUT2D eigenvalue weighted by Gasteiger charge is -2.19. The number of benzene rings is 1. The molecule has 1 aliphatic heterocycles. The molecule has 0 spiro atoms. The number of amides is 2. The van der Waals surface area contributed by atoms with E-state index in [1.54, 1.807) is 30.3 Å². The van der Waals surface area contributed by atoms with E-state index in [-0.39, 0.29) is 12.3 Å². The molecule has 1 aromatic carbocycles. The predicted molar refractivity (Wildman–Crippen MR) is 90.8 cm³/mol. The highest BCUT2D eigenvalue weighted by Gasteiger charge is 2.33. The fourth-order valence-electron chi connectivity index (χ4n) is 2.57. The minimum absolute atomic E-state index is 0.0241. The summed E-state index contributed by atoms with van der Waals surface area (Å²) in [6.07, 6.45) is -1.75. The number of ketones is 1. The molecule has 1 fully saturated rings. The molecule has 0 bridgehead atoms. The van der Waals surface area contributed by atoms with Crippen molar-refractivity contribution in [2.45, 2.75) is 18.9 Å². The average Bonchev–Trinajstić information content (AvgIpc) is 2.97. The number of ether oxygens (including phenoxy) is 1. The lowest BCUT2D eigenvalue weighted by atomic mass is 9.98. The second-order valence-corrected chi connectivity index (χ2v) is 8.33. The Morgan fingerprint density at radius 2 is 2.04 bits per heavy atom. The van der Waals surface area contributed by atoms with Gasteiger partial charge in [-0.25, -0.2) is 4.79 Å². The molecule has 3 atom stereocenters. The summed E-state index contributed by atoms with van der Waals surface area (Å²) in [4.78, 5) is 35.0. The zero-order valence-corrected chi connectivity index (χ0v) is 14.7. The van der Waals surface area contributed by atoms with Gasteiger partial charge in [-0.2, -0.15) is 0 Å². The summed E-state index contributed by atoms with van der Waals surface area (Å²) >= 11 is 0. The van der Waals surface area contributed by atoms with Gasteiger partial charge in [-0.15, -0.1) is 0 Å². The number of nitrogens with two attached hydrogens (primary N) is 1. The Balaban J connectivity index is 2.00. The highest BCUT2D eigenvalue weighted by atomic mass is 31.2. The van der Waals surface area contributed by atoms with Crippen molar-refractivity contribution in [1.82, 2.24) is 5.32 Å². The quantitative estimate of drug-likeness (QED) is 0.654. The van der Waals surface area contributed by atoms with Gasteiger partial charge in [-0.3, -0.25) is 14.2 Å². The highest BCUT2D eigenvalue weighted by Crippen LogP contribution is 2.41. The maximum atomic E-state index is 12.6. The number of carbonyl (C=O) groups excluding carboxylic acids is 3. The van der Waals surface area contributed by atoms with Gasteiger partial charge in [-0.1, -0.05) is 18.2 Å². The number of primary amides is 1. The molecule has 1 heterocycles. The van der Waals surface area contributed by atoms with Crippen LogP contribution in [0, 0.1) is 5.92 Å². The van der Waals surface area contributed by atoms with E-state index in [2.05, 4.69) is 5.32 Å². The van der Waals surface area contributed by atoms with Crippen molar-refractivity contribution < 1.29 is 28.2 Å². The first-order valence-corrected chi connectivity index (χ1v) is 9.91. The minimum Gasteiger partial charge on any atom is -0.438 e. The van der Waals surface area contributed by atoms with E-state index in [0.29, 0.717) is 18.3 Å². The second kappa shape index (κ2) is 8.27. The summed E-state index contributed by atoms with van der Waals surface area (Å²) < 4.78 is 22.7. The van der Waals surface area contributed by atoms with Gasteiger partial charge < -0.3 is 20.3 Å². The number of carbonyl (C=O) groups is 3. The van der Waals surface area contributed by atoms with Crippen LogP contribution in [0.25, 0.3) is 0 Å². The second-order valence-electron chi connectivity index (χ2n) is 5.86. The molecule has 25 heavy (non-hydrogen) atoms. The Morgan fingerprint density at radius 1 is 1.36 bits per heavy atom. The van der Waals surface area contributed by atoms with Gasteiger partial charge >= 0.3 is 6.09 Å². The van der Waals surface area contributed by atoms with Gasteiger partial charge in [-0.05, 0) is 18.6 Å². The first kappa shape index (κ1) is 19.1. The third-order valence-corrected chi connectivity index (χ3v) is 5.82. The zero-order chi connectivity index (χ0) is 18.4. The number of hydrogen-bond donors (Lipinski definition) is 2. The van der Waals surface area contributed by atoms with Crippen LogP contribution in [-0.4, -0.2) is 43.7 Å². The summed E-state index contributed by atoms with van der Waals surface area (Å²) in [5, 5.41) is 3.12. The Bertz CT molecular complexity index is 693. The molecule has 0 aliphatic carbocycles. The van der Waals surface area contributed by atoms with Crippen LogP contribution in [0.15, 0.2) is 30.3 Å². The Hall–Kier alpha value is -2.18. The van der Waals surface area contributed by atoms with Crippen LogP contribution in [0.4, 0.5) is 4.79 Å². The largest absolute Gasteiger partial charge is 0.438 e. The zero-order valence-electron chi connectivity index (χ0n) is 13.8. The average molecular weight is 368 g/mol. The number of Topliss-reactive ketones (excluding diaryl/α,β-unsaturated/α-hetero) is 1.